The fourth-order valence-electron chi connectivity index (χ4n) is 2.90. The maximum atomic E-state index is 13.5. The molecular formula is C21H21FN2O6. The molecule has 0 saturated carbocycles. The summed E-state index contributed by atoms with van der Waals surface area (Å²) in [7, 11) is 0. The number of urea groups is 1. The van der Waals surface area contributed by atoms with Crippen LogP contribution in [-0.2, 0) is 20.7 Å². The lowest BCUT2D eigenvalue weighted by Gasteiger charge is -2.18. The first kappa shape index (κ1) is 21.1. The molecular weight excluding hydrogens is 395 g/mol. The Hall–Kier alpha value is -3.62. The molecule has 0 radical (unpaired) electrons. The van der Waals surface area contributed by atoms with Crippen LogP contribution in [0.15, 0.2) is 42.5 Å². The number of amides is 3. The normalized spacial score (nSPS) is 13.6. The number of benzene rings is 2. The summed E-state index contributed by atoms with van der Waals surface area (Å²) in [5, 5.41) is 4.11. The average molecular weight is 416 g/mol. The fourth-order valence-corrected chi connectivity index (χ4v) is 2.90. The highest BCUT2D eigenvalue weighted by Crippen LogP contribution is 2.41. The van der Waals surface area contributed by atoms with E-state index in [1.165, 1.54) is 18.2 Å². The SMILES string of the molecule is CC1(C)Cc2cccc(OCC(=O)OCC(=O)NC(=O)Nc3ccccc3F)c2O1. The van der Waals surface area contributed by atoms with Gasteiger partial charge in [0.15, 0.2) is 24.7 Å². The molecule has 0 saturated heterocycles. The number of imide groups is 1. The monoisotopic (exact) mass is 416 g/mol. The van der Waals surface area contributed by atoms with Gasteiger partial charge in [0.1, 0.15) is 11.4 Å². The predicted octanol–water partition coefficient (Wildman–Crippen LogP) is 2.81. The van der Waals surface area contributed by atoms with Gasteiger partial charge < -0.3 is 19.5 Å². The summed E-state index contributed by atoms with van der Waals surface area (Å²) in [5.74, 6) is -1.33. The van der Waals surface area contributed by atoms with Gasteiger partial charge in [-0.3, -0.25) is 10.1 Å². The second-order valence-electron chi connectivity index (χ2n) is 7.21. The van der Waals surface area contributed by atoms with Crippen molar-refractivity contribution in [1.29, 1.82) is 0 Å². The third-order valence-corrected chi connectivity index (χ3v) is 4.14. The highest BCUT2D eigenvalue weighted by Gasteiger charge is 2.32. The van der Waals surface area contributed by atoms with Crippen LogP contribution in [0.3, 0.4) is 0 Å². The van der Waals surface area contributed by atoms with Gasteiger partial charge in [0.2, 0.25) is 0 Å². The van der Waals surface area contributed by atoms with Crippen LogP contribution in [0.4, 0.5) is 14.9 Å². The Morgan fingerprint density at radius 1 is 1.10 bits per heavy atom. The maximum absolute atomic E-state index is 13.5. The molecule has 2 aromatic rings. The van der Waals surface area contributed by atoms with Crippen LogP contribution in [0.5, 0.6) is 11.5 Å². The number of ether oxygens (including phenoxy) is 3. The van der Waals surface area contributed by atoms with Crippen LogP contribution in [0.2, 0.25) is 0 Å². The number of carbonyl (C=O) groups excluding carboxylic acids is 3. The molecule has 30 heavy (non-hydrogen) atoms. The zero-order valence-corrected chi connectivity index (χ0v) is 16.5. The Morgan fingerprint density at radius 3 is 2.63 bits per heavy atom. The van der Waals surface area contributed by atoms with Crippen molar-refractivity contribution >= 4 is 23.6 Å². The van der Waals surface area contributed by atoms with E-state index < -0.39 is 36.9 Å². The molecule has 0 unspecified atom stereocenters. The minimum atomic E-state index is -0.947. The molecule has 0 atom stereocenters. The number of para-hydroxylation sites is 2. The largest absolute Gasteiger partial charge is 0.483 e. The average Bonchev–Trinajstić information content (AvgIpc) is 3.00. The summed E-state index contributed by atoms with van der Waals surface area (Å²) < 4.78 is 29.6. The number of carbonyl (C=O) groups is 3. The molecule has 2 aromatic carbocycles. The van der Waals surface area contributed by atoms with Crippen LogP contribution in [0, 0.1) is 5.82 Å². The van der Waals surface area contributed by atoms with E-state index in [-0.39, 0.29) is 11.3 Å². The Morgan fingerprint density at radius 2 is 1.87 bits per heavy atom. The van der Waals surface area contributed by atoms with E-state index in [9.17, 15) is 18.8 Å². The van der Waals surface area contributed by atoms with Crippen molar-refractivity contribution in [2.45, 2.75) is 25.9 Å². The molecule has 0 aromatic heterocycles. The first-order chi connectivity index (χ1) is 14.2. The topological polar surface area (TPSA) is 103 Å². The third kappa shape index (κ3) is 5.47. The zero-order chi connectivity index (χ0) is 21.7. The molecule has 158 valence electrons. The number of halogens is 1. The molecule has 0 bridgehead atoms. The summed E-state index contributed by atoms with van der Waals surface area (Å²) in [4.78, 5) is 35.3. The molecule has 1 heterocycles. The number of rotatable bonds is 6. The summed E-state index contributed by atoms with van der Waals surface area (Å²) in [6, 6.07) is 9.93. The second-order valence-corrected chi connectivity index (χ2v) is 7.21. The van der Waals surface area contributed by atoms with Crippen LogP contribution >= 0.6 is 0 Å². The number of hydrogen-bond acceptors (Lipinski definition) is 6. The van der Waals surface area contributed by atoms with Crippen molar-refractivity contribution in [2.24, 2.45) is 0 Å². The van der Waals surface area contributed by atoms with Gasteiger partial charge in [-0.1, -0.05) is 24.3 Å². The van der Waals surface area contributed by atoms with E-state index in [1.54, 1.807) is 12.1 Å². The van der Waals surface area contributed by atoms with Crippen molar-refractivity contribution in [3.63, 3.8) is 0 Å². The van der Waals surface area contributed by atoms with Gasteiger partial charge in [0.05, 0.1) is 5.69 Å². The molecule has 1 aliphatic rings. The Bertz CT molecular complexity index is 976. The fraction of sp³-hybridized carbons (Fsp3) is 0.286. The molecule has 0 aliphatic carbocycles. The van der Waals surface area contributed by atoms with Gasteiger partial charge in [-0.25, -0.2) is 14.0 Å². The number of fused-ring (bicyclic) bond motifs is 1. The minimum absolute atomic E-state index is 0.0889. The smallest absolute Gasteiger partial charge is 0.344 e. The van der Waals surface area contributed by atoms with E-state index in [1.807, 2.05) is 25.2 Å². The molecule has 3 rings (SSSR count). The lowest BCUT2D eigenvalue weighted by molar-refractivity contribution is -0.150. The predicted molar refractivity (Wildman–Crippen MR) is 105 cm³/mol. The van der Waals surface area contributed by atoms with E-state index in [0.717, 1.165) is 18.1 Å². The van der Waals surface area contributed by atoms with Crippen LogP contribution < -0.4 is 20.1 Å². The lowest BCUT2D eigenvalue weighted by Crippen LogP contribution is -2.37. The second kappa shape index (κ2) is 8.81. The highest BCUT2D eigenvalue weighted by molar-refractivity contribution is 6.01. The van der Waals surface area contributed by atoms with Gasteiger partial charge in [0.25, 0.3) is 5.91 Å². The number of hydrogen-bond donors (Lipinski definition) is 2. The summed E-state index contributed by atoms with van der Waals surface area (Å²) in [6.45, 7) is 2.77. The van der Waals surface area contributed by atoms with Gasteiger partial charge in [-0.2, -0.15) is 0 Å². The van der Waals surface area contributed by atoms with Gasteiger partial charge >= 0.3 is 12.0 Å². The van der Waals surface area contributed by atoms with Gasteiger partial charge in [0, 0.05) is 12.0 Å². The van der Waals surface area contributed by atoms with E-state index in [4.69, 9.17) is 14.2 Å². The van der Waals surface area contributed by atoms with Crippen LogP contribution in [0.25, 0.3) is 0 Å². The van der Waals surface area contributed by atoms with Crippen molar-refractivity contribution in [2.75, 3.05) is 18.5 Å². The Labute approximate surface area is 172 Å². The van der Waals surface area contributed by atoms with E-state index in [0.29, 0.717) is 11.5 Å². The summed E-state index contributed by atoms with van der Waals surface area (Å²) in [5.41, 5.74) is 0.531. The quantitative estimate of drug-likeness (QED) is 0.702. The number of esters is 1. The Balaban J connectivity index is 1.42. The first-order valence-corrected chi connectivity index (χ1v) is 9.18. The molecule has 0 spiro atoms. The molecule has 9 heteroatoms. The molecule has 8 nitrogen and oxygen atoms in total. The number of nitrogens with one attached hydrogen (secondary N) is 2. The summed E-state index contributed by atoms with van der Waals surface area (Å²) in [6.07, 6.45) is 0.721. The van der Waals surface area contributed by atoms with Crippen molar-refractivity contribution in [1.82, 2.24) is 5.32 Å². The first-order valence-electron chi connectivity index (χ1n) is 9.18. The molecule has 0 fully saturated rings. The lowest BCUT2D eigenvalue weighted by atomic mass is 10.0. The van der Waals surface area contributed by atoms with Crippen molar-refractivity contribution in [3.05, 3.63) is 53.8 Å². The minimum Gasteiger partial charge on any atom is -0.483 e. The maximum Gasteiger partial charge on any atom is 0.344 e. The van der Waals surface area contributed by atoms with Crippen molar-refractivity contribution < 1.29 is 33.0 Å². The molecule has 1 aliphatic heterocycles. The highest BCUT2D eigenvalue weighted by atomic mass is 19.1. The van der Waals surface area contributed by atoms with Gasteiger partial charge in [-0.15, -0.1) is 0 Å². The van der Waals surface area contributed by atoms with Crippen molar-refractivity contribution in [3.8, 4) is 11.5 Å². The number of anilines is 1. The Kier molecular flexibility index (Phi) is 6.20. The molecule has 2 N–H and O–H groups in total. The van der Waals surface area contributed by atoms with E-state index >= 15 is 0 Å². The van der Waals surface area contributed by atoms with Crippen LogP contribution in [0.1, 0.15) is 19.4 Å². The van der Waals surface area contributed by atoms with Crippen LogP contribution in [-0.4, -0.2) is 36.7 Å². The zero-order valence-electron chi connectivity index (χ0n) is 16.5. The third-order valence-electron chi connectivity index (χ3n) is 4.14. The van der Waals surface area contributed by atoms with Gasteiger partial charge in [-0.05, 0) is 32.0 Å². The summed E-state index contributed by atoms with van der Waals surface area (Å²) >= 11 is 0. The standard InChI is InChI=1S/C21H21FN2O6/c1-21(2)10-13-6-5-9-16(19(13)30-21)28-12-18(26)29-11-17(25)24-20(27)23-15-8-4-3-7-14(15)22/h3-9H,10-12H2,1-2H3,(H2,23,24,25,27). The molecule has 3 amide bonds. The van der Waals surface area contributed by atoms with E-state index in [2.05, 4.69) is 5.32 Å².